The zero-order valence-electron chi connectivity index (χ0n) is 20.9. The van der Waals surface area contributed by atoms with Crippen LogP contribution in [0.5, 0.6) is 0 Å². The number of nitrogens with zero attached hydrogens (tertiary/aromatic N) is 2. The van der Waals surface area contributed by atoms with Crippen molar-refractivity contribution in [3.63, 3.8) is 0 Å². The summed E-state index contributed by atoms with van der Waals surface area (Å²) in [5.41, 5.74) is 2.52. The Bertz CT molecular complexity index is 1770. The predicted molar refractivity (Wildman–Crippen MR) is 149 cm³/mol. The minimum Gasteiger partial charge on any atom is -0.454 e. The van der Waals surface area contributed by atoms with Crippen molar-refractivity contribution in [3.8, 4) is 11.3 Å². The highest BCUT2D eigenvalue weighted by Gasteiger charge is 2.20. The number of Topliss-reactive ketones (excluding diaryl/α,β-unsaturated/α-hetero) is 1. The first-order valence-corrected chi connectivity index (χ1v) is 12.2. The highest BCUT2D eigenvalue weighted by Crippen LogP contribution is 2.26. The second-order valence-corrected chi connectivity index (χ2v) is 8.74. The first kappa shape index (κ1) is 25.9. The summed E-state index contributed by atoms with van der Waals surface area (Å²) in [5, 5.41) is 14.4. The minimum absolute atomic E-state index is 0.0439. The van der Waals surface area contributed by atoms with Crippen LogP contribution >= 0.6 is 0 Å². The van der Waals surface area contributed by atoms with Gasteiger partial charge < -0.3 is 10.1 Å². The van der Waals surface area contributed by atoms with Crippen LogP contribution in [0.4, 0.5) is 11.4 Å². The molecule has 0 unspecified atom stereocenters. The number of rotatable bonds is 8. The molecule has 4 aromatic carbocycles. The van der Waals surface area contributed by atoms with Crippen molar-refractivity contribution in [2.45, 2.75) is 0 Å². The lowest BCUT2D eigenvalue weighted by atomic mass is 10.0. The molecule has 9 nitrogen and oxygen atoms in total. The number of nitrogens with one attached hydrogen (secondary N) is 1. The lowest BCUT2D eigenvalue weighted by Crippen LogP contribution is -2.18. The number of esters is 1. The van der Waals surface area contributed by atoms with E-state index >= 15 is 0 Å². The number of hydrogen-bond donors (Lipinski definition) is 1. The van der Waals surface area contributed by atoms with Crippen LogP contribution in [0, 0.1) is 10.1 Å². The van der Waals surface area contributed by atoms with Gasteiger partial charge in [0.2, 0.25) is 5.78 Å². The van der Waals surface area contributed by atoms with Crippen LogP contribution in [-0.4, -0.2) is 34.2 Å². The molecule has 0 saturated carbocycles. The maximum Gasteiger partial charge on any atom is 0.340 e. The Morgan fingerprint density at radius 2 is 1.52 bits per heavy atom. The molecule has 0 atom stereocenters. The molecule has 1 heterocycles. The van der Waals surface area contributed by atoms with Crippen molar-refractivity contribution in [1.82, 2.24) is 4.98 Å². The SMILES string of the molecule is O=C(COC(=O)c1ccccc1NC(=O)c1cc(-c2ccccc2)nc2ccccc12)c1cccc([N+](=O)[O-])c1. The van der Waals surface area contributed by atoms with Gasteiger partial charge in [0.15, 0.2) is 6.61 Å². The third-order valence-corrected chi connectivity index (χ3v) is 6.14. The number of carbonyl (C=O) groups excluding carboxylic acids is 3. The molecule has 0 bridgehead atoms. The lowest BCUT2D eigenvalue weighted by molar-refractivity contribution is -0.384. The van der Waals surface area contributed by atoms with Crippen molar-refractivity contribution in [2.75, 3.05) is 11.9 Å². The smallest absolute Gasteiger partial charge is 0.340 e. The average Bonchev–Trinajstić information content (AvgIpc) is 2.99. The summed E-state index contributed by atoms with van der Waals surface area (Å²) in [5.74, 6) is -1.89. The summed E-state index contributed by atoms with van der Waals surface area (Å²) < 4.78 is 5.20. The summed E-state index contributed by atoms with van der Waals surface area (Å²) in [7, 11) is 0. The number of ether oxygens (including phenoxy) is 1. The van der Waals surface area contributed by atoms with Gasteiger partial charge in [-0.1, -0.05) is 72.8 Å². The number of benzene rings is 4. The standard InChI is InChI=1S/C31H21N3O6/c35-29(21-11-8-12-22(17-21)34(38)39)19-40-31(37)24-14-5-7-16-27(24)33-30(36)25-18-28(20-9-2-1-3-10-20)32-26-15-6-4-13-23(25)26/h1-18H,19H2,(H,33,36). The zero-order valence-corrected chi connectivity index (χ0v) is 20.9. The number of non-ortho nitro benzene ring substituents is 1. The maximum absolute atomic E-state index is 13.5. The second-order valence-electron chi connectivity index (χ2n) is 8.74. The van der Waals surface area contributed by atoms with Crippen LogP contribution < -0.4 is 5.32 Å². The molecule has 196 valence electrons. The third-order valence-electron chi connectivity index (χ3n) is 6.14. The van der Waals surface area contributed by atoms with Crippen LogP contribution in [0.15, 0.2) is 109 Å². The van der Waals surface area contributed by atoms with Crippen LogP contribution in [-0.2, 0) is 4.74 Å². The van der Waals surface area contributed by atoms with Crippen molar-refractivity contribution < 1.29 is 24.0 Å². The van der Waals surface area contributed by atoms with Gasteiger partial charge in [-0.3, -0.25) is 19.7 Å². The number of para-hydroxylation sites is 2. The monoisotopic (exact) mass is 531 g/mol. The van der Waals surface area contributed by atoms with Crippen molar-refractivity contribution in [1.29, 1.82) is 0 Å². The van der Waals surface area contributed by atoms with Gasteiger partial charge in [0.25, 0.3) is 11.6 Å². The molecule has 0 spiro atoms. The van der Waals surface area contributed by atoms with E-state index in [1.165, 1.54) is 24.3 Å². The van der Waals surface area contributed by atoms with Gasteiger partial charge in [-0.15, -0.1) is 0 Å². The molecule has 0 aliphatic heterocycles. The van der Waals surface area contributed by atoms with Crippen molar-refractivity contribution in [3.05, 3.63) is 136 Å². The van der Waals surface area contributed by atoms with Crippen LogP contribution in [0.1, 0.15) is 31.1 Å². The summed E-state index contributed by atoms with van der Waals surface area (Å²) in [4.78, 5) is 54.0. The Morgan fingerprint density at radius 3 is 2.33 bits per heavy atom. The number of fused-ring (bicyclic) bond motifs is 1. The number of nitro benzene ring substituents is 1. The number of aromatic nitrogens is 1. The van der Waals surface area contributed by atoms with E-state index in [0.29, 0.717) is 22.2 Å². The first-order chi connectivity index (χ1) is 19.4. The topological polar surface area (TPSA) is 128 Å². The Balaban J connectivity index is 1.38. The Kier molecular flexibility index (Phi) is 7.36. The van der Waals surface area contributed by atoms with Gasteiger partial charge in [-0.2, -0.15) is 0 Å². The van der Waals surface area contributed by atoms with E-state index in [0.717, 1.165) is 11.6 Å². The molecule has 1 amide bonds. The van der Waals surface area contributed by atoms with Crippen LogP contribution in [0.2, 0.25) is 0 Å². The van der Waals surface area contributed by atoms with Gasteiger partial charge in [0.05, 0.1) is 32.9 Å². The number of anilines is 1. The zero-order chi connectivity index (χ0) is 28.1. The highest BCUT2D eigenvalue weighted by atomic mass is 16.6. The van der Waals surface area contributed by atoms with Crippen LogP contribution in [0.25, 0.3) is 22.2 Å². The molecule has 9 heteroatoms. The van der Waals surface area contributed by atoms with E-state index in [1.807, 2.05) is 48.5 Å². The molecule has 40 heavy (non-hydrogen) atoms. The van der Waals surface area contributed by atoms with Crippen LogP contribution in [0.3, 0.4) is 0 Å². The molecule has 0 fully saturated rings. The number of pyridine rings is 1. The van der Waals surface area contributed by atoms with E-state index in [-0.39, 0.29) is 22.5 Å². The second kappa shape index (κ2) is 11.4. The molecular weight excluding hydrogens is 510 g/mol. The Labute approximate surface area is 228 Å². The molecule has 0 aliphatic rings. The molecule has 0 radical (unpaired) electrons. The molecule has 1 N–H and O–H groups in total. The van der Waals surface area contributed by atoms with Gasteiger partial charge in [0, 0.05) is 28.6 Å². The fraction of sp³-hybridized carbons (Fsp3) is 0.0323. The molecule has 0 saturated heterocycles. The van der Waals surface area contributed by atoms with Gasteiger partial charge in [-0.05, 0) is 24.3 Å². The normalized spacial score (nSPS) is 10.6. The van der Waals surface area contributed by atoms with E-state index in [2.05, 4.69) is 5.32 Å². The molecule has 0 aliphatic carbocycles. The quantitative estimate of drug-likeness (QED) is 0.111. The van der Waals surface area contributed by atoms with Gasteiger partial charge in [0.1, 0.15) is 0 Å². The van der Waals surface area contributed by atoms with E-state index in [1.54, 1.807) is 30.3 Å². The largest absolute Gasteiger partial charge is 0.454 e. The summed E-state index contributed by atoms with van der Waals surface area (Å²) in [6.45, 7) is -0.627. The minimum atomic E-state index is -0.834. The fourth-order valence-electron chi connectivity index (χ4n) is 4.16. The number of carbonyl (C=O) groups is 3. The molecule has 5 rings (SSSR count). The van der Waals surface area contributed by atoms with Crippen molar-refractivity contribution >= 4 is 39.9 Å². The summed E-state index contributed by atoms with van der Waals surface area (Å²) in [6.07, 6.45) is 0. The van der Waals surface area contributed by atoms with E-state index < -0.39 is 29.2 Å². The Morgan fingerprint density at radius 1 is 0.800 bits per heavy atom. The average molecular weight is 532 g/mol. The number of amides is 1. The summed E-state index contributed by atoms with van der Waals surface area (Å²) in [6, 6.07) is 29.9. The maximum atomic E-state index is 13.5. The Hall–Kier alpha value is -5.70. The first-order valence-electron chi connectivity index (χ1n) is 12.2. The van der Waals surface area contributed by atoms with E-state index in [9.17, 15) is 24.5 Å². The fourth-order valence-corrected chi connectivity index (χ4v) is 4.16. The predicted octanol–water partition coefficient (Wildman–Crippen LogP) is 6.10. The molecular formula is C31H21N3O6. The van der Waals surface area contributed by atoms with Gasteiger partial charge in [-0.25, -0.2) is 9.78 Å². The number of ketones is 1. The highest BCUT2D eigenvalue weighted by molar-refractivity contribution is 6.14. The van der Waals surface area contributed by atoms with Crippen molar-refractivity contribution in [2.24, 2.45) is 0 Å². The molecule has 5 aromatic rings. The lowest BCUT2D eigenvalue weighted by Gasteiger charge is -2.13. The van der Waals surface area contributed by atoms with E-state index in [4.69, 9.17) is 9.72 Å². The summed E-state index contributed by atoms with van der Waals surface area (Å²) >= 11 is 0. The third kappa shape index (κ3) is 5.58. The number of nitro groups is 1. The number of hydrogen-bond acceptors (Lipinski definition) is 7. The van der Waals surface area contributed by atoms with Gasteiger partial charge >= 0.3 is 5.97 Å². The molecule has 1 aromatic heterocycles.